The van der Waals surface area contributed by atoms with E-state index in [0.717, 1.165) is 36.6 Å². The van der Waals surface area contributed by atoms with Crippen LogP contribution in [-0.4, -0.2) is 22.8 Å². The van der Waals surface area contributed by atoms with Crippen molar-refractivity contribution in [2.45, 2.75) is 52.1 Å². The molecule has 1 aromatic rings. The monoisotopic (exact) mass is 399 g/mol. The highest BCUT2D eigenvalue weighted by Crippen LogP contribution is 2.35. The summed E-state index contributed by atoms with van der Waals surface area (Å²) in [6.07, 6.45) is 4.19. The lowest BCUT2D eigenvalue weighted by atomic mass is 10.1. The van der Waals surface area contributed by atoms with Crippen LogP contribution in [0.5, 0.6) is 5.75 Å². The molecule has 1 aliphatic carbocycles. The number of carbonyl (C=O) groups excluding carboxylic acids is 1. The molecule has 2 rings (SSSR count). The van der Waals surface area contributed by atoms with Crippen molar-refractivity contribution in [2.75, 3.05) is 4.90 Å². The van der Waals surface area contributed by atoms with Crippen molar-refractivity contribution < 1.29 is 13.9 Å². The Labute approximate surface area is 163 Å². The van der Waals surface area contributed by atoms with Crippen LogP contribution in [0.4, 0.5) is 10.1 Å². The summed E-state index contributed by atoms with van der Waals surface area (Å²) in [5.74, 6) is -1.14. The summed E-state index contributed by atoms with van der Waals surface area (Å²) < 4.78 is 20.4. The second kappa shape index (κ2) is 8.77. The number of halogens is 2. The second-order valence-corrected chi connectivity index (χ2v) is 7.64. The number of rotatable bonds is 6. The van der Waals surface area contributed by atoms with Gasteiger partial charge in [0.1, 0.15) is 11.6 Å². The second-order valence-electron chi connectivity index (χ2n) is 6.81. The number of benzene rings is 1. The number of hydrogen-bond donors (Lipinski definition) is 2. The van der Waals surface area contributed by atoms with Gasteiger partial charge >= 0.3 is 0 Å². The number of nitrogens with one attached hydrogen (secondary N) is 1. The van der Waals surface area contributed by atoms with Crippen LogP contribution >= 0.6 is 23.8 Å². The van der Waals surface area contributed by atoms with E-state index in [1.807, 2.05) is 13.8 Å². The van der Waals surface area contributed by atoms with E-state index in [-0.39, 0.29) is 45.7 Å². The van der Waals surface area contributed by atoms with E-state index < -0.39 is 11.7 Å². The highest BCUT2D eigenvalue weighted by molar-refractivity contribution is 7.80. The van der Waals surface area contributed by atoms with Crippen molar-refractivity contribution in [1.82, 2.24) is 0 Å². The van der Waals surface area contributed by atoms with Crippen LogP contribution in [0.3, 0.4) is 0 Å². The molecular weight excluding hydrogens is 377 g/mol. The summed E-state index contributed by atoms with van der Waals surface area (Å²) in [4.78, 5) is 13.4. The third kappa shape index (κ3) is 4.92. The average Bonchev–Trinajstić information content (AvgIpc) is 3.03. The summed E-state index contributed by atoms with van der Waals surface area (Å²) in [7, 11) is 0. The molecule has 5 nitrogen and oxygen atoms in total. The zero-order valence-electron chi connectivity index (χ0n) is 14.9. The summed E-state index contributed by atoms with van der Waals surface area (Å²) in [6, 6.07) is 2.40. The van der Waals surface area contributed by atoms with Gasteiger partial charge in [0.05, 0.1) is 22.5 Å². The molecule has 0 heterocycles. The minimum Gasteiger partial charge on any atom is -0.489 e. The van der Waals surface area contributed by atoms with Gasteiger partial charge in [-0.05, 0) is 56.3 Å². The summed E-state index contributed by atoms with van der Waals surface area (Å²) in [5.41, 5.74) is 5.31. The molecule has 1 saturated carbocycles. The summed E-state index contributed by atoms with van der Waals surface area (Å²) in [6.45, 7) is 3.76. The van der Waals surface area contributed by atoms with Crippen molar-refractivity contribution in [2.24, 2.45) is 11.7 Å². The molecule has 3 N–H and O–H groups in total. The Bertz CT molecular complexity index is 721. The Kier molecular flexibility index (Phi) is 6.94. The van der Waals surface area contributed by atoms with Gasteiger partial charge in [-0.15, -0.1) is 0 Å². The standard InChI is InChI=1S/C18H23ClFN3O2S/c1-10(2)7-14(21)17(24)23(18(22)26)15-9-16(12(19)8-13(15)20)25-11-5-3-4-6-11/h8-11,21H,3-7H2,1-2H3,(H2,22,26). The average molecular weight is 400 g/mol. The maximum atomic E-state index is 14.5. The fourth-order valence-corrected chi connectivity index (χ4v) is 3.30. The van der Waals surface area contributed by atoms with Gasteiger partial charge in [0.25, 0.3) is 5.91 Å². The Balaban J connectivity index is 2.36. The Hall–Kier alpha value is -1.73. The van der Waals surface area contributed by atoms with Gasteiger partial charge in [-0.1, -0.05) is 25.4 Å². The Morgan fingerprint density at radius 1 is 1.46 bits per heavy atom. The molecule has 0 unspecified atom stereocenters. The van der Waals surface area contributed by atoms with Crippen molar-refractivity contribution in [3.8, 4) is 5.75 Å². The Morgan fingerprint density at radius 2 is 2.08 bits per heavy atom. The van der Waals surface area contributed by atoms with Gasteiger partial charge in [-0.25, -0.2) is 9.29 Å². The molecule has 0 aromatic heterocycles. The van der Waals surface area contributed by atoms with E-state index in [1.54, 1.807) is 0 Å². The predicted molar refractivity (Wildman–Crippen MR) is 106 cm³/mol. The van der Waals surface area contributed by atoms with Crippen molar-refractivity contribution >= 4 is 46.2 Å². The number of ether oxygens (including phenoxy) is 1. The molecule has 1 aliphatic rings. The molecule has 8 heteroatoms. The molecule has 0 radical (unpaired) electrons. The number of nitrogens with zero attached hydrogens (tertiary/aromatic N) is 1. The summed E-state index contributed by atoms with van der Waals surface area (Å²) in [5, 5.41) is 7.74. The van der Waals surface area contributed by atoms with Gasteiger partial charge < -0.3 is 10.5 Å². The highest BCUT2D eigenvalue weighted by atomic mass is 35.5. The van der Waals surface area contributed by atoms with Gasteiger partial charge in [0.15, 0.2) is 5.11 Å². The zero-order chi connectivity index (χ0) is 19.4. The lowest BCUT2D eigenvalue weighted by Crippen LogP contribution is -2.45. The molecule has 142 valence electrons. The molecule has 0 atom stereocenters. The molecule has 1 amide bonds. The number of amides is 1. The van der Waals surface area contributed by atoms with E-state index >= 15 is 0 Å². The minimum absolute atomic E-state index is 0.0130. The van der Waals surface area contributed by atoms with Crippen LogP contribution in [0, 0.1) is 17.1 Å². The minimum atomic E-state index is -0.757. The SMILES string of the molecule is CC(C)CC(=N)C(=O)N(C(N)=S)c1cc(OC2CCCC2)c(Cl)cc1F. The van der Waals surface area contributed by atoms with E-state index in [0.29, 0.717) is 0 Å². The number of carbonyl (C=O) groups is 1. The molecule has 26 heavy (non-hydrogen) atoms. The highest BCUT2D eigenvalue weighted by Gasteiger charge is 2.28. The fourth-order valence-electron chi connectivity index (χ4n) is 2.92. The number of anilines is 1. The van der Waals surface area contributed by atoms with Gasteiger partial charge in [-0.3, -0.25) is 10.2 Å². The number of nitrogens with two attached hydrogens (primary N) is 1. The van der Waals surface area contributed by atoms with Gasteiger partial charge in [0.2, 0.25) is 0 Å². The van der Waals surface area contributed by atoms with Crippen molar-refractivity contribution in [3.05, 3.63) is 23.0 Å². The van der Waals surface area contributed by atoms with Crippen LogP contribution in [-0.2, 0) is 4.79 Å². The normalized spacial score (nSPS) is 14.5. The topological polar surface area (TPSA) is 79.4 Å². The molecule has 0 spiro atoms. The molecule has 1 aromatic carbocycles. The quantitative estimate of drug-likeness (QED) is 0.547. The van der Waals surface area contributed by atoms with E-state index in [4.69, 9.17) is 39.7 Å². The third-order valence-corrected chi connectivity index (χ3v) is 4.61. The Morgan fingerprint density at radius 3 is 2.62 bits per heavy atom. The molecule has 0 bridgehead atoms. The lowest BCUT2D eigenvalue weighted by molar-refractivity contribution is -0.111. The zero-order valence-corrected chi connectivity index (χ0v) is 16.4. The maximum absolute atomic E-state index is 14.5. The number of hydrogen-bond acceptors (Lipinski definition) is 4. The van der Waals surface area contributed by atoms with Crippen molar-refractivity contribution in [1.29, 1.82) is 5.41 Å². The molecule has 0 saturated heterocycles. The van der Waals surface area contributed by atoms with Crippen LogP contribution in [0.1, 0.15) is 46.0 Å². The largest absolute Gasteiger partial charge is 0.489 e. The maximum Gasteiger partial charge on any atom is 0.278 e. The van der Waals surface area contributed by atoms with E-state index in [1.165, 1.54) is 6.07 Å². The van der Waals surface area contributed by atoms with E-state index in [2.05, 4.69) is 0 Å². The number of thiocarbonyl (C=S) groups is 1. The first-order chi connectivity index (χ1) is 12.2. The first-order valence-electron chi connectivity index (χ1n) is 8.57. The first-order valence-corrected chi connectivity index (χ1v) is 9.36. The summed E-state index contributed by atoms with van der Waals surface area (Å²) >= 11 is 11.0. The molecule has 0 aliphatic heterocycles. The smallest absolute Gasteiger partial charge is 0.278 e. The lowest BCUT2D eigenvalue weighted by Gasteiger charge is -2.24. The van der Waals surface area contributed by atoms with Crippen LogP contribution in [0.2, 0.25) is 5.02 Å². The van der Waals surface area contributed by atoms with Crippen LogP contribution in [0.25, 0.3) is 0 Å². The van der Waals surface area contributed by atoms with Gasteiger partial charge in [0, 0.05) is 6.07 Å². The predicted octanol–water partition coefficient (Wildman–Crippen LogP) is 4.44. The van der Waals surface area contributed by atoms with E-state index in [9.17, 15) is 9.18 Å². The fraction of sp³-hybridized carbons (Fsp3) is 0.500. The first kappa shape index (κ1) is 20.6. The third-order valence-electron chi connectivity index (χ3n) is 4.13. The van der Waals surface area contributed by atoms with Crippen LogP contribution in [0.15, 0.2) is 12.1 Å². The van der Waals surface area contributed by atoms with Crippen molar-refractivity contribution in [3.63, 3.8) is 0 Å². The molecule has 1 fully saturated rings. The van der Waals surface area contributed by atoms with Crippen LogP contribution < -0.4 is 15.4 Å². The van der Waals surface area contributed by atoms with Gasteiger partial charge in [-0.2, -0.15) is 0 Å². The molecular formula is C18H23ClFN3O2S.